The predicted molar refractivity (Wildman–Crippen MR) is 76.3 cm³/mol. The first-order valence-corrected chi connectivity index (χ1v) is 10.3. The Kier molecular flexibility index (Phi) is 6.52. The van der Waals surface area contributed by atoms with Crippen LogP contribution in [0.25, 0.3) is 0 Å². The SMILES string of the molecule is CS(=O)(=O)NCCC1CCCCN1S(=O)(=O)CCCl. The second-order valence-corrected chi connectivity index (χ2v) is 8.97. The smallest absolute Gasteiger partial charge is 0.215 e. The molecule has 1 fully saturated rings. The number of hydrogen-bond donors (Lipinski definition) is 1. The highest BCUT2D eigenvalue weighted by atomic mass is 35.5. The van der Waals surface area contributed by atoms with Crippen molar-refractivity contribution >= 4 is 31.6 Å². The molecule has 1 aliphatic heterocycles. The van der Waals surface area contributed by atoms with Crippen LogP contribution in [-0.4, -0.2) is 58.2 Å². The van der Waals surface area contributed by atoms with E-state index in [1.165, 1.54) is 4.31 Å². The van der Waals surface area contributed by atoms with Gasteiger partial charge in [0.25, 0.3) is 0 Å². The van der Waals surface area contributed by atoms with Gasteiger partial charge >= 0.3 is 0 Å². The van der Waals surface area contributed by atoms with Crippen LogP contribution in [0.3, 0.4) is 0 Å². The van der Waals surface area contributed by atoms with E-state index in [1.54, 1.807) is 0 Å². The zero-order chi connectivity index (χ0) is 14.5. The highest BCUT2D eigenvalue weighted by Crippen LogP contribution is 2.23. The van der Waals surface area contributed by atoms with E-state index in [-0.39, 0.29) is 24.2 Å². The molecular weight excluding hydrogens is 312 g/mol. The van der Waals surface area contributed by atoms with Crippen molar-refractivity contribution in [2.45, 2.75) is 31.7 Å². The molecule has 6 nitrogen and oxygen atoms in total. The van der Waals surface area contributed by atoms with Gasteiger partial charge in [-0.25, -0.2) is 21.6 Å². The van der Waals surface area contributed by atoms with Crippen molar-refractivity contribution in [3.63, 3.8) is 0 Å². The van der Waals surface area contributed by atoms with E-state index >= 15 is 0 Å². The van der Waals surface area contributed by atoms with Crippen LogP contribution in [0.5, 0.6) is 0 Å². The van der Waals surface area contributed by atoms with Crippen molar-refractivity contribution in [1.82, 2.24) is 9.03 Å². The summed E-state index contributed by atoms with van der Waals surface area (Å²) in [6.45, 7) is 0.763. The van der Waals surface area contributed by atoms with Gasteiger partial charge in [-0.3, -0.25) is 0 Å². The Bertz CT molecular complexity index is 478. The number of halogens is 1. The van der Waals surface area contributed by atoms with E-state index in [4.69, 9.17) is 11.6 Å². The van der Waals surface area contributed by atoms with Gasteiger partial charge in [-0.1, -0.05) is 6.42 Å². The molecule has 0 aromatic rings. The van der Waals surface area contributed by atoms with Crippen LogP contribution >= 0.6 is 11.6 Å². The lowest BCUT2D eigenvalue weighted by Gasteiger charge is -2.34. The van der Waals surface area contributed by atoms with Crippen molar-refractivity contribution < 1.29 is 16.8 Å². The molecule has 114 valence electrons. The Morgan fingerprint density at radius 3 is 2.53 bits per heavy atom. The maximum atomic E-state index is 12.1. The number of rotatable bonds is 7. The third-order valence-corrected chi connectivity index (χ3v) is 6.16. The number of piperidine rings is 1. The average molecular weight is 333 g/mol. The normalized spacial score (nSPS) is 22.5. The Morgan fingerprint density at radius 1 is 1.26 bits per heavy atom. The fourth-order valence-electron chi connectivity index (χ4n) is 2.25. The lowest BCUT2D eigenvalue weighted by Crippen LogP contribution is -2.46. The van der Waals surface area contributed by atoms with Crippen molar-refractivity contribution in [1.29, 1.82) is 0 Å². The molecule has 1 aliphatic rings. The minimum Gasteiger partial charge on any atom is -0.215 e. The zero-order valence-electron chi connectivity index (χ0n) is 11.0. The predicted octanol–water partition coefficient (Wildman–Crippen LogP) is 0.349. The molecule has 0 bridgehead atoms. The molecule has 1 rings (SSSR count). The largest absolute Gasteiger partial charge is 0.215 e. The fraction of sp³-hybridized carbons (Fsp3) is 1.00. The highest BCUT2D eigenvalue weighted by Gasteiger charge is 2.31. The summed E-state index contributed by atoms with van der Waals surface area (Å²) < 4.78 is 50.0. The van der Waals surface area contributed by atoms with Gasteiger partial charge < -0.3 is 0 Å². The molecule has 0 aliphatic carbocycles. The Balaban J connectivity index is 2.63. The molecule has 19 heavy (non-hydrogen) atoms. The van der Waals surface area contributed by atoms with E-state index in [9.17, 15) is 16.8 Å². The second-order valence-electron chi connectivity index (χ2n) is 4.72. The summed E-state index contributed by atoms with van der Waals surface area (Å²) in [4.78, 5) is 0. The first kappa shape index (κ1) is 17.2. The van der Waals surface area contributed by atoms with Gasteiger partial charge in [0.1, 0.15) is 0 Å². The van der Waals surface area contributed by atoms with Crippen LogP contribution in [0.1, 0.15) is 25.7 Å². The average Bonchev–Trinajstić information content (AvgIpc) is 2.27. The summed E-state index contributed by atoms with van der Waals surface area (Å²) in [5.41, 5.74) is 0. The summed E-state index contributed by atoms with van der Waals surface area (Å²) in [5.74, 6) is 0.0116. The van der Waals surface area contributed by atoms with E-state index < -0.39 is 20.0 Å². The summed E-state index contributed by atoms with van der Waals surface area (Å²) in [6, 6.07) is -0.129. The number of nitrogens with zero attached hydrogens (tertiary/aromatic N) is 1. The molecule has 1 atom stereocenters. The molecule has 0 spiro atoms. The van der Waals surface area contributed by atoms with Crippen molar-refractivity contribution in [3.8, 4) is 0 Å². The Morgan fingerprint density at radius 2 is 1.95 bits per heavy atom. The van der Waals surface area contributed by atoms with Gasteiger partial charge in [0.15, 0.2) is 0 Å². The van der Waals surface area contributed by atoms with Crippen LogP contribution < -0.4 is 4.72 Å². The summed E-state index contributed by atoms with van der Waals surface area (Å²) >= 11 is 5.52. The molecule has 1 heterocycles. The van der Waals surface area contributed by atoms with Gasteiger partial charge in [-0.05, 0) is 19.3 Å². The zero-order valence-corrected chi connectivity index (χ0v) is 13.4. The lowest BCUT2D eigenvalue weighted by atomic mass is 10.0. The maximum absolute atomic E-state index is 12.1. The monoisotopic (exact) mass is 332 g/mol. The summed E-state index contributed by atoms with van der Waals surface area (Å²) in [6.07, 6.45) is 4.17. The molecular formula is C10H21ClN2O4S2. The van der Waals surface area contributed by atoms with Crippen molar-refractivity contribution in [3.05, 3.63) is 0 Å². The number of sulfonamides is 2. The van der Waals surface area contributed by atoms with Crippen LogP contribution in [0.15, 0.2) is 0 Å². The van der Waals surface area contributed by atoms with Gasteiger partial charge in [0.05, 0.1) is 12.0 Å². The fourth-order valence-corrected chi connectivity index (χ4v) is 4.83. The van der Waals surface area contributed by atoms with E-state index in [1.807, 2.05) is 0 Å². The topological polar surface area (TPSA) is 83.6 Å². The van der Waals surface area contributed by atoms with Crippen molar-refractivity contribution in [2.75, 3.05) is 31.0 Å². The number of nitrogens with one attached hydrogen (secondary N) is 1. The van der Waals surface area contributed by atoms with Gasteiger partial charge in [-0.15, -0.1) is 11.6 Å². The first-order valence-electron chi connectivity index (χ1n) is 6.26. The number of hydrogen-bond acceptors (Lipinski definition) is 4. The minimum absolute atomic E-state index is 0.0649. The molecule has 0 amide bonds. The highest BCUT2D eigenvalue weighted by molar-refractivity contribution is 7.89. The third-order valence-electron chi connectivity index (χ3n) is 3.11. The third kappa shape index (κ3) is 5.95. The molecule has 1 saturated heterocycles. The van der Waals surface area contributed by atoms with Gasteiger partial charge in [0.2, 0.25) is 20.0 Å². The second kappa shape index (κ2) is 7.21. The van der Waals surface area contributed by atoms with Gasteiger partial charge in [0, 0.05) is 25.0 Å². The Hall–Kier alpha value is 0.110. The number of alkyl halides is 1. The summed E-state index contributed by atoms with van der Waals surface area (Å²) in [5, 5.41) is 0. The van der Waals surface area contributed by atoms with Crippen LogP contribution in [0.2, 0.25) is 0 Å². The molecule has 0 radical (unpaired) electrons. The molecule has 0 saturated carbocycles. The molecule has 9 heteroatoms. The van der Waals surface area contributed by atoms with Crippen molar-refractivity contribution in [2.24, 2.45) is 0 Å². The molecule has 0 aromatic heterocycles. The lowest BCUT2D eigenvalue weighted by molar-refractivity contribution is 0.242. The Labute approximate surface area is 120 Å². The van der Waals surface area contributed by atoms with E-state index in [0.29, 0.717) is 13.0 Å². The molecule has 1 unspecified atom stereocenters. The molecule has 0 aromatic carbocycles. The van der Waals surface area contributed by atoms with Crippen LogP contribution in [-0.2, 0) is 20.0 Å². The van der Waals surface area contributed by atoms with E-state index in [0.717, 1.165) is 25.5 Å². The quantitative estimate of drug-likeness (QED) is 0.682. The molecule has 1 N–H and O–H groups in total. The maximum Gasteiger partial charge on any atom is 0.215 e. The van der Waals surface area contributed by atoms with E-state index in [2.05, 4.69) is 4.72 Å². The van der Waals surface area contributed by atoms with Gasteiger partial charge in [-0.2, -0.15) is 4.31 Å². The van der Waals surface area contributed by atoms with Crippen LogP contribution in [0, 0.1) is 0 Å². The standard InChI is InChI=1S/C10H21ClN2O4S2/c1-18(14,15)12-7-5-10-4-2-3-8-13(10)19(16,17)9-6-11/h10,12H,2-9H2,1H3. The van der Waals surface area contributed by atoms with Crippen LogP contribution in [0.4, 0.5) is 0 Å². The summed E-state index contributed by atoms with van der Waals surface area (Å²) in [7, 11) is -6.55. The minimum atomic E-state index is -3.32. The first-order chi connectivity index (χ1) is 8.76.